The Morgan fingerprint density at radius 1 is 1.09 bits per heavy atom. The van der Waals surface area contributed by atoms with Crippen molar-refractivity contribution in [2.45, 2.75) is 45.2 Å². The molecule has 2 aliphatic rings. The number of piperidine rings is 1. The van der Waals surface area contributed by atoms with Crippen molar-refractivity contribution in [3.05, 3.63) is 59.0 Å². The van der Waals surface area contributed by atoms with Gasteiger partial charge in [-0.3, -0.25) is 14.0 Å². The number of carbonyl (C=O) groups is 2. The number of likely N-dealkylation sites (tertiary alicyclic amines) is 1. The van der Waals surface area contributed by atoms with Crippen LogP contribution in [0.1, 0.15) is 47.7 Å². The summed E-state index contributed by atoms with van der Waals surface area (Å²) in [6, 6.07) is 8.08. The first-order valence-corrected chi connectivity index (χ1v) is 11.7. The van der Waals surface area contributed by atoms with Crippen LogP contribution in [0.25, 0.3) is 5.65 Å². The van der Waals surface area contributed by atoms with Gasteiger partial charge in [0, 0.05) is 43.9 Å². The van der Waals surface area contributed by atoms with E-state index < -0.39 is 17.7 Å². The first-order valence-electron chi connectivity index (χ1n) is 11.7. The molecule has 1 aromatic carbocycles. The molecule has 7 nitrogen and oxygen atoms in total. The van der Waals surface area contributed by atoms with Crippen molar-refractivity contribution in [1.29, 1.82) is 0 Å². The van der Waals surface area contributed by atoms with E-state index in [1.165, 1.54) is 10.5 Å². The Kier molecular flexibility index (Phi) is 5.77. The zero-order chi connectivity index (χ0) is 24.9. The Hall–Kier alpha value is -3.43. The average Bonchev–Trinajstić information content (AvgIpc) is 3.43. The minimum Gasteiger partial charge on any atom is -0.342 e. The molecule has 184 valence electrons. The fourth-order valence-electron chi connectivity index (χ4n) is 5.13. The van der Waals surface area contributed by atoms with Crippen LogP contribution in [-0.2, 0) is 15.8 Å². The number of rotatable bonds is 3. The smallest absolute Gasteiger partial charge is 0.342 e. The Morgan fingerprint density at radius 2 is 1.89 bits per heavy atom. The van der Waals surface area contributed by atoms with E-state index in [1.807, 2.05) is 32.0 Å². The van der Waals surface area contributed by atoms with Crippen molar-refractivity contribution >= 4 is 23.1 Å². The molecule has 0 bridgehead atoms. The summed E-state index contributed by atoms with van der Waals surface area (Å²) in [5.41, 5.74) is 2.49. The second kappa shape index (κ2) is 8.66. The van der Waals surface area contributed by atoms with Gasteiger partial charge in [-0.15, -0.1) is 10.2 Å². The second-order valence-corrected chi connectivity index (χ2v) is 9.45. The number of aromatic nitrogens is 3. The summed E-state index contributed by atoms with van der Waals surface area (Å²) in [4.78, 5) is 29.6. The Labute approximate surface area is 200 Å². The highest BCUT2D eigenvalue weighted by molar-refractivity contribution is 6.01. The number of amides is 2. The Morgan fingerprint density at radius 3 is 2.66 bits per heavy atom. The largest absolute Gasteiger partial charge is 0.417 e. The quantitative estimate of drug-likeness (QED) is 0.560. The predicted molar refractivity (Wildman–Crippen MR) is 123 cm³/mol. The minimum atomic E-state index is -4.47. The SMILES string of the molecule is Cc1cccc(N2CC(C(=O)N3CCCC(c4nnc5ccc(C(F)(F)F)cn45)C3)CC2=O)c1C. The number of anilines is 1. The third-order valence-corrected chi connectivity index (χ3v) is 7.20. The fraction of sp³-hybridized carbons (Fsp3) is 0.440. The summed E-state index contributed by atoms with van der Waals surface area (Å²) in [6.07, 6.45) is -1.91. The van der Waals surface area contributed by atoms with Gasteiger partial charge in [0.25, 0.3) is 0 Å². The second-order valence-electron chi connectivity index (χ2n) is 9.45. The molecule has 2 aliphatic heterocycles. The molecule has 0 N–H and O–H groups in total. The van der Waals surface area contributed by atoms with Crippen LogP contribution in [0.3, 0.4) is 0 Å². The highest BCUT2D eigenvalue weighted by atomic mass is 19.4. The Bertz CT molecular complexity index is 1300. The number of hydrogen-bond donors (Lipinski definition) is 0. The van der Waals surface area contributed by atoms with E-state index in [1.54, 1.807) is 9.80 Å². The number of fused-ring (bicyclic) bond motifs is 1. The van der Waals surface area contributed by atoms with Gasteiger partial charge in [0.1, 0.15) is 5.82 Å². The predicted octanol–water partition coefficient (Wildman–Crippen LogP) is 4.12. The molecule has 2 amide bonds. The Balaban J connectivity index is 1.34. The summed E-state index contributed by atoms with van der Waals surface area (Å²) >= 11 is 0. The monoisotopic (exact) mass is 485 g/mol. The van der Waals surface area contributed by atoms with Gasteiger partial charge in [0.15, 0.2) is 5.65 Å². The van der Waals surface area contributed by atoms with E-state index in [2.05, 4.69) is 10.2 Å². The standard InChI is InChI=1S/C25H26F3N5O2/c1-15-5-3-7-20(16(15)2)32-13-18(11-22(32)34)24(35)31-10-4-6-17(12-31)23-30-29-21-9-8-19(14-33(21)23)25(26,27)28/h3,5,7-9,14,17-18H,4,6,10-13H2,1-2H3. The van der Waals surface area contributed by atoms with Crippen molar-refractivity contribution in [1.82, 2.24) is 19.5 Å². The van der Waals surface area contributed by atoms with E-state index >= 15 is 0 Å². The first-order chi connectivity index (χ1) is 16.6. The van der Waals surface area contributed by atoms with Gasteiger partial charge in [0.05, 0.1) is 11.5 Å². The lowest BCUT2D eigenvalue weighted by atomic mass is 9.95. The zero-order valence-electron chi connectivity index (χ0n) is 19.5. The van der Waals surface area contributed by atoms with Gasteiger partial charge in [-0.05, 0) is 56.0 Å². The maximum absolute atomic E-state index is 13.4. The molecule has 5 rings (SSSR count). The zero-order valence-corrected chi connectivity index (χ0v) is 19.5. The molecule has 2 aromatic heterocycles. The molecule has 0 spiro atoms. The minimum absolute atomic E-state index is 0.0752. The van der Waals surface area contributed by atoms with E-state index in [0.717, 1.165) is 29.1 Å². The van der Waals surface area contributed by atoms with Crippen molar-refractivity contribution in [3.63, 3.8) is 0 Å². The molecular weight excluding hydrogens is 459 g/mol. The van der Waals surface area contributed by atoms with Gasteiger partial charge in [0.2, 0.25) is 11.8 Å². The van der Waals surface area contributed by atoms with Crippen LogP contribution >= 0.6 is 0 Å². The van der Waals surface area contributed by atoms with Crippen LogP contribution in [-0.4, -0.2) is 50.9 Å². The van der Waals surface area contributed by atoms with E-state index in [9.17, 15) is 22.8 Å². The first kappa shape index (κ1) is 23.3. The molecule has 0 aliphatic carbocycles. The summed E-state index contributed by atoms with van der Waals surface area (Å²) in [5, 5.41) is 8.18. The molecule has 35 heavy (non-hydrogen) atoms. The number of pyridine rings is 1. The van der Waals surface area contributed by atoms with Crippen molar-refractivity contribution in [3.8, 4) is 0 Å². The number of nitrogens with zero attached hydrogens (tertiary/aromatic N) is 5. The molecule has 0 saturated carbocycles. The van der Waals surface area contributed by atoms with E-state index in [4.69, 9.17) is 0 Å². The lowest BCUT2D eigenvalue weighted by Crippen LogP contribution is -2.43. The number of alkyl halides is 3. The van der Waals surface area contributed by atoms with Crippen molar-refractivity contribution in [2.24, 2.45) is 5.92 Å². The lowest BCUT2D eigenvalue weighted by Gasteiger charge is -2.33. The van der Waals surface area contributed by atoms with Crippen LogP contribution in [0.2, 0.25) is 0 Å². The van der Waals surface area contributed by atoms with Crippen LogP contribution in [0.15, 0.2) is 36.5 Å². The summed E-state index contributed by atoms with van der Waals surface area (Å²) in [7, 11) is 0. The summed E-state index contributed by atoms with van der Waals surface area (Å²) < 4.78 is 41.1. The molecule has 2 unspecified atom stereocenters. The van der Waals surface area contributed by atoms with Gasteiger partial charge < -0.3 is 9.80 Å². The topological polar surface area (TPSA) is 70.8 Å². The number of benzene rings is 1. The molecule has 10 heteroatoms. The third kappa shape index (κ3) is 4.26. The van der Waals surface area contributed by atoms with Gasteiger partial charge >= 0.3 is 6.18 Å². The fourth-order valence-corrected chi connectivity index (χ4v) is 5.13. The molecule has 4 heterocycles. The molecular formula is C25H26F3N5O2. The summed E-state index contributed by atoms with van der Waals surface area (Å²) in [6.45, 7) is 5.17. The van der Waals surface area contributed by atoms with Gasteiger partial charge in [-0.2, -0.15) is 13.2 Å². The van der Waals surface area contributed by atoms with Crippen LogP contribution in [0.4, 0.5) is 18.9 Å². The number of aryl methyl sites for hydroxylation is 1. The van der Waals surface area contributed by atoms with Gasteiger partial charge in [-0.1, -0.05) is 12.1 Å². The molecule has 2 fully saturated rings. The number of halogens is 3. The van der Waals surface area contributed by atoms with Crippen LogP contribution < -0.4 is 4.90 Å². The highest BCUT2D eigenvalue weighted by Gasteiger charge is 2.39. The number of carbonyl (C=O) groups excluding carboxylic acids is 2. The van der Waals surface area contributed by atoms with Crippen molar-refractivity contribution in [2.75, 3.05) is 24.5 Å². The molecule has 0 radical (unpaired) electrons. The van der Waals surface area contributed by atoms with E-state index in [0.29, 0.717) is 43.9 Å². The van der Waals surface area contributed by atoms with Gasteiger partial charge in [-0.25, -0.2) is 0 Å². The lowest BCUT2D eigenvalue weighted by molar-refractivity contribution is -0.138. The van der Waals surface area contributed by atoms with E-state index in [-0.39, 0.29) is 24.2 Å². The molecule has 2 atom stereocenters. The van der Waals surface area contributed by atoms with Crippen molar-refractivity contribution < 1.29 is 22.8 Å². The number of hydrogen-bond acceptors (Lipinski definition) is 4. The highest BCUT2D eigenvalue weighted by Crippen LogP contribution is 2.34. The van der Waals surface area contributed by atoms with Crippen LogP contribution in [0, 0.1) is 19.8 Å². The normalized spacial score (nSPS) is 21.2. The summed E-state index contributed by atoms with van der Waals surface area (Å²) in [5.74, 6) is -0.441. The third-order valence-electron chi connectivity index (χ3n) is 7.20. The maximum atomic E-state index is 13.4. The maximum Gasteiger partial charge on any atom is 0.417 e. The molecule has 3 aromatic rings. The molecule has 2 saturated heterocycles. The average molecular weight is 486 g/mol. The van der Waals surface area contributed by atoms with Crippen LogP contribution in [0.5, 0.6) is 0 Å².